The minimum Gasteiger partial charge on any atom is -0.496 e. The highest BCUT2D eigenvalue weighted by Gasteiger charge is 2.27. The first-order valence-corrected chi connectivity index (χ1v) is 10.0. The Morgan fingerprint density at radius 1 is 0.897 bits per heavy atom. The van der Waals surface area contributed by atoms with E-state index in [0.717, 1.165) is 25.4 Å². The van der Waals surface area contributed by atoms with Gasteiger partial charge in [0, 0.05) is 38.3 Å². The van der Waals surface area contributed by atoms with Crippen LogP contribution in [0.4, 0.5) is 0 Å². The van der Waals surface area contributed by atoms with Crippen molar-refractivity contribution in [2.75, 3.05) is 40.4 Å². The van der Waals surface area contributed by atoms with Gasteiger partial charge in [0.05, 0.1) is 20.3 Å². The summed E-state index contributed by atoms with van der Waals surface area (Å²) >= 11 is 0. The summed E-state index contributed by atoms with van der Waals surface area (Å²) in [6.07, 6.45) is 0.140. The molecule has 0 aromatic heterocycles. The van der Waals surface area contributed by atoms with E-state index in [-0.39, 0.29) is 12.0 Å². The zero-order chi connectivity index (χ0) is 20.8. The van der Waals surface area contributed by atoms with Crippen molar-refractivity contribution in [2.45, 2.75) is 26.5 Å². The monoisotopic (exact) mass is 398 g/mol. The summed E-state index contributed by atoms with van der Waals surface area (Å²) in [5, 5.41) is 0. The van der Waals surface area contributed by atoms with E-state index in [2.05, 4.69) is 11.0 Å². The maximum atomic E-state index is 13.1. The third-order valence-electron chi connectivity index (χ3n) is 5.03. The van der Waals surface area contributed by atoms with Crippen LogP contribution in [0.2, 0.25) is 0 Å². The van der Waals surface area contributed by atoms with E-state index < -0.39 is 0 Å². The second kappa shape index (κ2) is 9.65. The SMILES string of the molecule is COc1cccc(OC)c1C(=O)N1CCN(Cc2ccccc2OC(C)C)CC1. The van der Waals surface area contributed by atoms with Crippen molar-refractivity contribution in [1.29, 1.82) is 0 Å². The van der Waals surface area contributed by atoms with E-state index in [1.165, 1.54) is 5.56 Å². The van der Waals surface area contributed by atoms with Crippen LogP contribution in [-0.2, 0) is 6.54 Å². The molecule has 0 N–H and O–H groups in total. The fourth-order valence-electron chi connectivity index (χ4n) is 3.57. The summed E-state index contributed by atoms with van der Waals surface area (Å²) in [5.41, 5.74) is 1.66. The first-order valence-electron chi connectivity index (χ1n) is 10.0. The van der Waals surface area contributed by atoms with Crippen LogP contribution in [0.1, 0.15) is 29.8 Å². The Labute approximate surface area is 173 Å². The number of para-hydroxylation sites is 1. The van der Waals surface area contributed by atoms with Gasteiger partial charge in [0.2, 0.25) is 0 Å². The van der Waals surface area contributed by atoms with Crippen LogP contribution in [0, 0.1) is 0 Å². The van der Waals surface area contributed by atoms with Crippen LogP contribution in [0.15, 0.2) is 42.5 Å². The lowest BCUT2D eigenvalue weighted by molar-refractivity contribution is 0.0620. The third-order valence-corrected chi connectivity index (χ3v) is 5.03. The van der Waals surface area contributed by atoms with E-state index in [9.17, 15) is 4.79 Å². The Hall–Kier alpha value is -2.73. The van der Waals surface area contributed by atoms with Crippen molar-refractivity contribution in [1.82, 2.24) is 9.80 Å². The van der Waals surface area contributed by atoms with Crippen LogP contribution >= 0.6 is 0 Å². The average molecular weight is 399 g/mol. The van der Waals surface area contributed by atoms with Crippen LogP contribution in [0.3, 0.4) is 0 Å². The van der Waals surface area contributed by atoms with Gasteiger partial charge in [0.25, 0.3) is 5.91 Å². The first-order chi connectivity index (χ1) is 14.0. The molecule has 1 fully saturated rings. The van der Waals surface area contributed by atoms with Gasteiger partial charge in [0.15, 0.2) is 0 Å². The highest BCUT2D eigenvalue weighted by molar-refractivity contribution is 5.99. The number of carbonyl (C=O) groups is 1. The lowest BCUT2D eigenvalue weighted by atomic mass is 10.1. The molecule has 1 aliphatic rings. The number of ether oxygens (including phenoxy) is 3. The second-order valence-electron chi connectivity index (χ2n) is 7.38. The Balaban J connectivity index is 1.65. The molecule has 0 saturated carbocycles. The molecule has 2 aromatic rings. The standard InChI is InChI=1S/C23H30N2O4/c1-17(2)29-19-9-6-5-8-18(19)16-24-12-14-25(15-13-24)23(26)22-20(27-3)10-7-11-21(22)28-4/h5-11,17H,12-16H2,1-4H3. The minimum atomic E-state index is -0.0532. The Kier molecular flexibility index (Phi) is 6.99. The van der Waals surface area contributed by atoms with Crippen LogP contribution < -0.4 is 14.2 Å². The lowest BCUT2D eigenvalue weighted by Crippen LogP contribution is -2.48. The number of amides is 1. The number of carbonyl (C=O) groups excluding carboxylic acids is 1. The van der Waals surface area contributed by atoms with Crippen molar-refractivity contribution in [3.8, 4) is 17.2 Å². The van der Waals surface area contributed by atoms with Crippen molar-refractivity contribution >= 4 is 5.91 Å². The second-order valence-corrected chi connectivity index (χ2v) is 7.38. The molecule has 1 amide bonds. The van der Waals surface area contributed by atoms with Gasteiger partial charge in [-0.3, -0.25) is 9.69 Å². The van der Waals surface area contributed by atoms with Crippen LogP contribution in [0.5, 0.6) is 17.2 Å². The van der Waals surface area contributed by atoms with Crippen LogP contribution in [0.25, 0.3) is 0 Å². The Morgan fingerprint density at radius 3 is 2.07 bits per heavy atom. The fraction of sp³-hybridized carbons (Fsp3) is 0.435. The van der Waals surface area contributed by atoms with Crippen molar-refractivity contribution < 1.29 is 19.0 Å². The predicted octanol–water partition coefficient (Wildman–Crippen LogP) is 3.45. The Bertz CT molecular complexity index is 807. The maximum Gasteiger partial charge on any atom is 0.261 e. The quantitative estimate of drug-likeness (QED) is 0.715. The van der Waals surface area contributed by atoms with E-state index >= 15 is 0 Å². The van der Waals surface area contributed by atoms with E-state index in [1.807, 2.05) is 43.0 Å². The first kappa shape index (κ1) is 21.0. The predicted molar refractivity (Wildman–Crippen MR) is 113 cm³/mol. The molecule has 0 aliphatic carbocycles. The number of hydrogen-bond acceptors (Lipinski definition) is 5. The topological polar surface area (TPSA) is 51.2 Å². The molecule has 1 saturated heterocycles. The molecule has 0 unspecified atom stereocenters. The summed E-state index contributed by atoms with van der Waals surface area (Å²) in [4.78, 5) is 17.3. The summed E-state index contributed by atoms with van der Waals surface area (Å²) in [7, 11) is 3.14. The number of benzene rings is 2. The molecule has 6 heteroatoms. The molecular weight excluding hydrogens is 368 g/mol. The van der Waals surface area contributed by atoms with Gasteiger partial charge in [-0.2, -0.15) is 0 Å². The molecular formula is C23H30N2O4. The van der Waals surface area contributed by atoms with Gasteiger partial charge in [-0.1, -0.05) is 24.3 Å². The van der Waals surface area contributed by atoms with Gasteiger partial charge >= 0.3 is 0 Å². The molecule has 6 nitrogen and oxygen atoms in total. The molecule has 1 heterocycles. The molecule has 1 aliphatic heterocycles. The largest absolute Gasteiger partial charge is 0.496 e. The summed E-state index contributed by atoms with van der Waals surface area (Å²) in [6.45, 7) is 7.81. The minimum absolute atomic E-state index is 0.0532. The number of piperazine rings is 1. The van der Waals surface area contributed by atoms with Crippen LogP contribution in [-0.4, -0.2) is 62.2 Å². The molecule has 0 atom stereocenters. The fourth-order valence-corrected chi connectivity index (χ4v) is 3.57. The van der Waals surface area contributed by atoms with Gasteiger partial charge in [-0.05, 0) is 32.0 Å². The molecule has 0 bridgehead atoms. The molecule has 29 heavy (non-hydrogen) atoms. The Morgan fingerprint density at radius 2 is 1.48 bits per heavy atom. The molecule has 156 valence electrons. The van der Waals surface area contributed by atoms with E-state index in [1.54, 1.807) is 26.4 Å². The third kappa shape index (κ3) is 5.01. The van der Waals surface area contributed by atoms with E-state index in [4.69, 9.17) is 14.2 Å². The molecule has 0 spiro atoms. The van der Waals surface area contributed by atoms with Gasteiger partial charge in [-0.15, -0.1) is 0 Å². The summed E-state index contributed by atoms with van der Waals surface area (Å²) < 4.78 is 16.7. The highest BCUT2D eigenvalue weighted by atomic mass is 16.5. The van der Waals surface area contributed by atoms with E-state index in [0.29, 0.717) is 30.2 Å². The zero-order valence-corrected chi connectivity index (χ0v) is 17.7. The lowest BCUT2D eigenvalue weighted by Gasteiger charge is -2.35. The number of methoxy groups -OCH3 is 2. The van der Waals surface area contributed by atoms with Gasteiger partial charge in [-0.25, -0.2) is 0 Å². The van der Waals surface area contributed by atoms with Gasteiger partial charge < -0.3 is 19.1 Å². The average Bonchev–Trinajstić information content (AvgIpc) is 2.74. The number of hydrogen-bond donors (Lipinski definition) is 0. The summed E-state index contributed by atoms with van der Waals surface area (Å²) in [5.74, 6) is 1.95. The zero-order valence-electron chi connectivity index (χ0n) is 17.7. The summed E-state index contributed by atoms with van der Waals surface area (Å²) in [6, 6.07) is 13.6. The van der Waals surface area contributed by atoms with Crippen molar-refractivity contribution in [3.63, 3.8) is 0 Å². The highest BCUT2D eigenvalue weighted by Crippen LogP contribution is 2.30. The number of nitrogens with zero attached hydrogens (tertiary/aromatic N) is 2. The molecule has 3 rings (SSSR count). The smallest absolute Gasteiger partial charge is 0.261 e. The molecule has 0 radical (unpaired) electrons. The normalized spacial score (nSPS) is 14.7. The maximum absolute atomic E-state index is 13.1. The van der Waals surface area contributed by atoms with Crippen molar-refractivity contribution in [3.05, 3.63) is 53.6 Å². The van der Waals surface area contributed by atoms with Crippen molar-refractivity contribution in [2.24, 2.45) is 0 Å². The number of rotatable bonds is 7. The van der Waals surface area contributed by atoms with Gasteiger partial charge in [0.1, 0.15) is 22.8 Å². The molecule has 2 aromatic carbocycles.